The second kappa shape index (κ2) is 3.54. The van der Waals surface area contributed by atoms with E-state index >= 15 is 0 Å². The minimum absolute atomic E-state index is 0.0599. The first-order valence-corrected chi connectivity index (χ1v) is 4.80. The molecule has 0 aromatic carbocycles. The van der Waals surface area contributed by atoms with Crippen molar-refractivity contribution in [2.45, 2.75) is 6.17 Å². The third kappa shape index (κ3) is 2.47. The molecule has 0 saturated heterocycles. The van der Waals surface area contributed by atoms with Gasteiger partial charge in [-0.1, -0.05) is 0 Å². The van der Waals surface area contributed by atoms with Crippen molar-refractivity contribution in [3.63, 3.8) is 0 Å². The molecule has 86 valence electrons. The van der Waals surface area contributed by atoms with E-state index in [0.717, 1.165) is 0 Å². The Hall–Kier alpha value is -1.56. The number of rotatable bonds is 2. The van der Waals surface area contributed by atoms with Gasteiger partial charge in [0.05, 0.1) is 0 Å². The summed E-state index contributed by atoms with van der Waals surface area (Å²) < 4.78 is 32.8. The highest BCUT2D eigenvalue weighted by Crippen LogP contribution is 2.12. The lowest BCUT2D eigenvalue weighted by Crippen LogP contribution is -2.57. The Balaban J connectivity index is 2.97. The van der Waals surface area contributed by atoms with E-state index in [1.165, 1.54) is 0 Å². The number of aliphatic hydroxyl groups excluding tert-OH is 1. The number of carbonyl (C=O) groups is 1. The molecule has 11 heteroatoms. The molecule has 1 aliphatic rings. The summed E-state index contributed by atoms with van der Waals surface area (Å²) in [7, 11) is -4.91. The lowest BCUT2D eigenvalue weighted by molar-refractivity contribution is -0.0468. The molecule has 15 heavy (non-hydrogen) atoms. The molecule has 0 aromatic rings. The van der Waals surface area contributed by atoms with Gasteiger partial charge < -0.3 is 16.6 Å². The molecule has 0 saturated carbocycles. The molecule has 1 aliphatic heterocycles. The van der Waals surface area contributed by atoms with Crippen LogP contribution in [0, 0.1) is 0 Å². The number of amides is 2. The molecule has 0 aromatic heterocycles. The van der Waals surface area contributed by atoms with Crippen molar-refractivity contribution in [3.8, 4) is 0 Å². The first-order chi connectivity index (χ1) is 6.72. The quantitative estimate of drug-likeness (QED) is 0.336. The summed E-state index contributed by atoms with van der Waals surface area (Å²) in [6, 6.07) is -1.19. The van der Waals surface area contributed by atoms with Crippen LogP contribution in [0.5, 0.6) is 0 Å². The molecule has 0 aliphatic carbocycles. The Labute approximate surface area is 84.0 Å². The van der Waals surface area contributed by atoms with Gasteiger partial charge in [-0.3, -0.25) is 9.87 Å². The van der Waals surface area contributed by atoms with Crippen molar-refractivity contribution >= 4 is 16.4 Å². The van der Waals surface area contributed by atoms with Gasteiger partial charge in [-0.15, -0.1) is 4.28 Å². The van der Waals surface area contributed by atoms with E-state index < -0.39 is 34.2 Å². The van der Waals surface area contributed by atoms with Crippen LogP contribution in [0.3, 0.4) is 0 Å². The van der Waals surface area contributed by atoms with Crippen LogP contribution in [0.15, 0.2) is 11.6 Å². The van der Waals surface area contributed by atoms with Crippen molar-refractivity contribution in [2.75, 3.05) is 0 Å². The third-order valence-corrected chi connectivity index (χ3v) is 1.79. The fourth-order valence-electron chi connectivity index (χ4n) is 0.803. The SMILES string of the molecule is NC1=C(O)NC(=O)N(OS(=O)(=O)O)C1N. The molecule has 10 nitrogen and oxygen atoms in total. The maximum atomic E-state index is 11.0. The lowest BCUT2D eigenvalue weighted by atomic mass is 10.3. The van der Waals surface area contributed by atoms with E-state index in [-0.39, 0.29) is 5.06 Å². The van der Waals surface area contributed by atoms with Gasteiger partial charge in [0, 0.05) is 0 Å². The van der Waals surface area contributed by atoms with Crippen molar-refractivity contribution in [1.29, 1.82) is 0 Å². The summed E-state index contributed by atoms with van der Waals surface area (Å²) in [5.74, 6) is -0.706. The maximum Gasteiger partial charge on any atom is 0.418 e. The standard InChI is InChI=1S/C4H8N4O6S/c5-1-2(6)8(14-15(11,12)13)4(10)7-3(1)9/h2,9H,5-6H2,(H,7,10)(H,11,12,13). The first kappa shape index (κ1) is 11.5. The average Bonchev–Trinajstić information content (AvgIpc) is 2.07. The van der Waals surface area contributed by atoms with E-state index in [1.54, 1.807) is 5.32 Å². The zero-order valence-corrected chi connectivity index (χ0v) is 7.93. The number of nitrogens with two attached hydrogens (primary N) is 2. The molecule has 7 N–H and O–H groups in total. The number of aliphatic hydroxyl groups is 1. The molecule has 2 amide bonds. The molecule has 0 radical (unpaired) electrons. The zero-order chi connectivity index (χ0) is 11.8. The van der Waals surface area contributed by atoms with Crippen molar-refractivity contribution in [3.05, 3.63) is 11.6 Å². The summed E-state index contributed by atoms with van der Waals surface area (Å²) in [6.45, 7) is 0. The molecular weight excluding hydrogens is 232 g/mol. The van der Waals surface area contributed by atoms with Gasteiger partial charge in [-0.2, -0.15) is 13.5 Å². The average molecular weight is 240 g/mol. The Bertz CT molecular complexity index is 415. The summed E-state index contributed by atoms with van der Waals surface area (Å²) in [6.07, 6.45) is -1.53. The largest absolute Gasteiger partial charge is 0.493 e. The van der Waals surface area contributed by atoms with Gasteiger partial charge in [0.2, 0.25) is 5.88 Å². The molecule has 1 unspecified atom stereocenters. The molecule has 1 rings (SSSR count). The lowest BCUT2D eigenvalue weighted by Gasteiger charge is -2.29. The number of carbonyl (C=O) groups excluding carboxylic acids is 1. The first-order valence-electron chi connectivity index (χ1n) is 3.44. The van der Waals surface area contributed by atoms with Crippen LogP contribution in [-0.2, 0) is 14.7 Å². The number of hydrogen-bond acceptors (Lipinski definition) is 7. The van der Waals surface area contributed by atoms with E-state index in [0.29, 0.717) is 0 Å². The van der Waals surface area contributed by atoms with Crippen LogP contribution in [0.1, 0.15) is 0 Å². The number of hydrogen-bond donors (Lipinski definition) is 5. The molecule has 0 spiro atoms. The third-order valence-electron chi connectivity index (χ3n) is 1.44. The predicted molar refractivity (Wildman–Crippen MR) is 44.8 cm³/mol. The smallest absolute Gasteiger partial charge is 0.418 e. The topological polar surface area (TPSA) is 168 Å². The van der Waals surface area contributed by atoms with Crippen molar-refractivity contribution in [2.24, 2.45) is 11.5 Å². The molecule has 0 bridgehead atoms. The van der Waals surface area contributed by atoms with Crippen LogP contribution in [0.25, 0.3) is 0 Å². The fraction of sp³-hybridized carbons (Fsp3) is 0.250. The van der Waals surface area contributed by atoms with Crippen molar-refractivity contribution < 1.29 is 27.2 Å². The van der Waals surface area contributed by atoms with Crippen LogP contribution >= 0.6 is 0 Å². The zero-order valence-electron chi connectivity index (χ0n) is 7.11. The monoisotopic (exact) mass is 240 g/mol. The number of hydroxylamine groups is 2. The Morgan fingerprint density at radius 2 is 2.07 bits per heavy atom. The van der Waals surface area contributed by atoms with Gasteiger partial charge in [-0.25, -0.2) is 4.79 Å². The Morgan fingerprint density at radius 3 is 2.53 bits per heavy atom. The highest BCUT2D eigenvalue weighted by Gasteiger charge is 2.35. The number of urea groups is 1. The van der Waals surface area contributed by atoms with Gasteiger partial charge >= 0.3 is 16.4 Å². The van der Waals surface area contributed by atoms with Gasteiger partial charge in [0.1, 0.15) is 5.70 Å². The molecular formula is C4H8N4O6S. The summed E-state index contributed by atoms with van der Waals surface area (Å²) >= 11 is 0. The van der Waals surface area contributed by atoms with Crippen LogP contribution in [-0.4, -0.2) is 35.3 Å². The molecule has 1 heterocycles. The molecule has 1 atom stereocenters. The fourth-order valence-corrected chi connectivity index (χ4v) is 1.17. The van der Waals surface area contributed by atoms with Gasteiger partial charge in [0.25, 0.3) is 0 Å². The highest BCUT2D eigenvalue weighted by atomic mass is 32.3. The molecule has 0 fully saturated rings. The maximum absolute atomic E-state index is 11.0. The summed E-state index contributed by atoms with van der Waals surface area (Å²) in [5, 5.41) is 10.8. The Morgan fingerprint density at radius 1 is 1.53 bits per heavy atom. The van der Waals surface area contributed by atoms with E-state index in [1.807, 2.05) is 0 Å². The number of nitrogens with one attached hydrogen (secondary N) is 1. The van der Waals surface area contributed by atoms with Crippen molar-refractivity contribution in [1.82, 2.24) is 10.4 Å². The number of nitrogens with zero attached hydrogens (tertiary/aromatic N) is 1. The van der Waals surface area contributed by atoms with Gasteiger partial charge in [-0.05, 0) is 0 Å². The van der Waals surface area contributed by atoms with E-state index in [9.17, 15) is 13.2 Å². The summed E-state index contributed by atoms with van der Waals surface area (Å²) in [5.41, 5.74) is 10.00. The summed E-state index contributed by atoms with van der Waals surface area (Å²) in [4.78, 5) is 11.0. The van der Waals surface area contributed by atoms with E-state index in [4.69, 9.17) is 21.1 Å². The van der Waals surface area contributed by atoms with Crippen LogP contribution in [0.4, 0.5) is 4.79 Å². The Kier molecular flexibility index (Phi) is 2.72. The van der Waals surface area contributed by atoms with Crippen LogP contribution in [0.2, 0.25) is 0 Å². The minimum atomic E-state index is -4.91. The highest BCUT2D eigenvalue weighted by molar-refractivity contribution is 7.80. The minimum Gasteiger partial charge on any atom is -0.493 e. The van der Waals surface area contributed by atoms with Gasteiger partial charge in [0.15, 0.2) is 6.17 Å². The van der Waals surface area contributed by atoms with E-state index in [2.05, 4.69) is 4.28 Å². The predicted octanol–water partition coefficient (Wildman–Crippen LogP) is -2.28. The normalized spacial score (nSPS) is 22.9. The van der Waals surface area contributed by atoms with Crippen LogP contribution < -0.4 is 16.8 Å². The second-order valence-corrected chi connectivity index (χ2v) is 3.51. The second-order valence-electron chi connectivity index (χ2n) is 2.51.